The van der Waals surface area contributed by atoms with E-state index in [1.807, 2.05) is 0 Å². The van der Waals surface area contributed by atoms with Crippen LogP contribution in [0.25, 0.3) is 0 Å². The van der Waals surface area contributed by atoms with Crippen LogP contribution in [0.4, 0.5) is 4.79 Å². The molecule has 1 aromatic heterocycles. The number of tetrazole rings is 1. The molecule has 0 radical (unpaired) electrons. The van der Waals surface area contributed by atoms with E-state index in [1.54, 1.807) is 0 Å². The van der Waals surface area contributed by atoms with Gasteiger partial charge in [0, 0.05) is 19.0 Å². The number of urea groups is 1. The van der Waals surface area contributed by atoms with Crippen molar-refractivity contribution >= 4 is 17.8 Å². The summed E-state index contributed by atoms with van der Waals surface area (Å²) in [5.41, 5.74) is 4.61. The molecule has 1 aromatic rings. The first-order valence-corrected chi connectivity index (χ1v) is 7.60. The number of rotatable bonds is 5. The van der Waals surface area contributed by atoms with Crippen molar-refractivity contribution in [2.45, 2.75) is 37.9 Å². The number of carbonyl (C=O) groups is 3. The minimum absolute atomic E-state index is 0.0981. The van der Waals surface area contributed by atoms with E-state index in [0.29, 0.717) is 18.8 Å². The molecule has 0 saturated carbocycles. The molecule has 4 N–H and O–H groups in total. The smallest absolute Gasteiger partial charge is 0.318 e. The molecule has 0 aliphatic carbocycles. The number of carbonyl (C=O) groups excluding carboxylic acids is 3. The lowest BCUT2D eigenvalue weighted by molar-refractivity contribution is -0.132. The topological polar surface area (TPSA) is 154 Å². The number of piperidine rings is 1. The first kappa shape index (κ1) is 16.1. The maximum absolute atomic E-state index is 12.2. The minimum Gasteiger partial charge on any atom is -0.396 e. The summed E-state index contributed by atoms with van der Waals surface area (Å²) < 4.78 is 1.23. The Morgan fingerprint density at radius 3 is 2.96 bits per heavy atom. The van der Waals surface area contributed by atoms with Crippen LogP contribution in [0.1, 0.15) is 18.7 Å². The normalized spacial score (nSPS) is 22.2. The van der Waals surface area contributed by atoms with Crippen molar-refractivity contribution in [1.82, 2.24) is 41.3 Å². The lowest BCUT2D eigenvalue weighted by atomic mass is 10.0. The summed E-state index contributed by atoms with van der Waals surface area (Å²) >= 11 is 0. The van der Waals surface area contributed by atoms with E-state index in [4.69, 9.17) is 5.11 Å². The van der Waals surface area contributed by atoms with E-state index in [1.165, 1.54) is 9.58 Å². The Bertz CT molecular complexity index is 647. The average Bonchev–Trinajstić information content (AvgIpc) is 3.11. The molecule has 0 aromatic carbocycles. The van der Waals surface area contributed by atoms with Crippen LogP contribution in [0.3, 0.4) is 0 Å². The lowest BCUT2D eigenvalue weighted by Crippen LogP contribution is -2.54. The van der Waals surface area contributed by atoms with Gasteiger partial charge >= 0.3 is 6.03 Å². The lowest BCUT2D eigenvalue weighted by Gasteiger charge is -2.29. The number of aliphatic hydroxyl groups excluding tert-OH is 1. The Kier molecular flexibility index (Phi) is 4.55. The van der Waals surface area contributed by atoms with Gasteiger partial charge in [-0.25, -0.2) is 9.48 Å². The van der Waals surface area contributed by atoms with Gasteiger partial charge in [-0.3, -0.25) is 20.4 Å². The number of aromatic nitrogens is 4. The fourth-order valence-electron chi connectivity index (χ4n) is 2.86. The number of hydrazine groups is 1. The van der Waals surface area contributed by atoms with Gasteiger partial charge in [-0.1, -0.05) is 0 Å². The Hall–Kier alpha value is -2.76. The number of nitrogens with zero attached hydrogens (tertiary/aromatic N) is 5. The van der Waals surface area contributed by atoms with E-state index in [-0.39, 0.29) is 31.6 Å². The van der Waals surface area contributed by atoms with Gasteiger partial charge in [0.25, 0.3) is 11.8 Å². The Morgan fingerprint density at radius 2 is 2.17 bits per heavy atom. The van der Waals surface area contributed by atoms with Crippen molar-refractivity contribution in [2.75, 3.05) is 13.2 Å². The van der Waals surface area contributed by atoms with E-state index in [0.717, 1.165) is 6.42 Å². The summed E-state index contributed by atoms with van der Waals surface area (Å²) in [5, 5.41) is 22.4. The molecular formula is C12H18N8O4. The molecule has 0 unspecified atom stereocenters. The predicted octanol–water partition coefficient (Wildman–Crippen LogP) is -3.09. The quantitative estimate of drug-likeness (QED) is 0.415. The SMILES string of the molecule is O=C(Cn1nnnc1CCO)NNC(=O)[C@@H]1CC[C@H]2CN1C(=O)N2. The fraction of sp³-hybridized carbons (Fsp3) is 0.667. The van der Waals surface area contributed by atoms with Crippen LogP contribution in [-0.4, -0.2) is 73.3 Å². The van der Waals surface area contributed by atoms with Crippen molar-refractivity contribution in [3.05, 3.63) is 5.82 Å². The summed E-state index contributed by atoms with van der Waals surface area (Å²) in [6, 6.07) is -0.755. The third kappa shape index (κ3) is 3.27. The highest BCUT2D eigenvalue weighted by atomic mass is 16.3. The number of hydrogen-bond donors (Lipinski definition) is 4. The molecule has 2 bridgehead atoms. The Morgan fingerprint density at radius 1 is 1.33 bits per heavy atom. The molecule has 12 heteroatoms. The van der Waals surface area contributed by atoms with Crippen molar-refractivity contribution in [3.8, 4) is 0 Å². The number of hydrogen-bond acceptors (Lipinski definition) is 7. The molecule has 2 saturated heterocycles. The van der Waals surface area contributed by atoms with E-state index < -0.39 is 17.9 Å². The molecule has 2 fully saturated rings. The molecule has 2 aliphatic heterocycles. The van der Waals surface area contributed by atoms with Crippen molar-refractivity contribution in [3.63, 3.8) is 0 Å². The van der Waals surface area contributed by atoms with Crippen LogP contribution in [0.15, 0.2) is 0 Å². The first-order chi connectivity index (χ1) is 11.6. The monoisotopic (exact) mass is 338 g/mol. The summed E-state index contributed by atoms with van der Waals surface area (Å²) in [5.74, 6) is -0.591. The van der Waals surface area contributed by atoms with Crippen molar-refractivity contribution in [1.29, 1.82) is 0 Å². The molecule has 4 amide bonds. The summed E-state index contributed by atoms with van der Waals surface area (Å²) in [7, 11) is 0. The summed E-state index contributed by atoms with van der Waals surface area (Å²) in [4.78, 5) is 37.2. The molecule has 0 spiro atoms. The maximum atomic E-state index is 12.2. The summed E-state index contributed by atoms with van der Waals surface area (Å²) in [6.07, 6.45) is 1.49. The second kappa shape index (κ2) is 6.78. The third-order valence-electron chi connectivity index (χ3n) is 4.03. The fourth-order valence-corrected chi connectivity index (χ4v) is 2.86. The summed E-state index contributed by atoms with van der Waals surface area (Å²) in [6.45, 7) is 0.166. The first-order valence-electron chi connectivity index (χ1n) is 7.60. The molecule has 12 nitrogen and oxygen atoms in total. The van der Waals surface area contributed by atoms with Gasteiger partial charge in [-0.15, -0.1) is 5.10 Å². The van der Waals surface area contributed by atoms with Gasteiger partial charge < -0.3 is 15.3 Å². The number of aliphatic hydroxyl groups is 1. The molecule has 130 valence electrons. The van der Waals surface area contributed by atoms with Crippen molar-refractivity contribution in [2.24, 2.45) is 0 Å². The van der Waals surface area contributed by atoms with Gasteiger partial charge in [-0.05, 0) is 23.3 Å². The second-order valence-corrected chi connectivity index (χ2v) is 5.66. The van der Waals surface area contributed by atoms with Crippen LogP contribution in [-0.2, 0) is 22.6 Å². The number of fused-ring (bicyclic) bond motifs is 2. The van der Waals surface area contributed by atoms with Crippen LogP contribution >= 0.6 is 0 Å². The van der Waals surface area contributed by atoms with Gasteiger partial charge in [0.1, 0.15) is 12.6 Å². The maximum Gasteiger partial charge on any atom is 0.318 e. The second-order valence-electron chi connectivity index (χ2n) is 5.66. The third-order valence-corrected chi connectivity index (χ3v) is 4.03. The van der Waals surface area contributed by atoms with E-state index >= 15 is 0 Å². The van der Waals surface area contributed by atoms with Gasteiger partial charge in [0.2, 0.25) is 0 Å². The van der Waals surface area contributed by atoms with E-state index in [2.05, 4.69) is 31.7 Å². The molecule has 2 atom stereocenters. The zero-order valence-corrected chi connectivity index (χ0v) is 12.8. The number of amides is 4. The van der Waals surface area contributed by atoms with Crippen LogP contribution in [0, 0.1) is 0 Å². The Labute approximate surface area is 136 Å². The Balaban J connectivity index is 1.50. The number of nitrogens with one attached hydrogen (secondary N) is 3. The van der Waals surface area contributed by atoms with E-state index in [9.17, 15) is 14.4 Å². The molecule has 3 heterocycles. The molecule has 3 rings (SSSR count). The van der Waals surface area contributed by atoms with Crippen LogP contribution < -0.4 is 16.2 Å². The van der Waals surface area contributed by atoms with Crippen LogP contribution in [0.5, 0.6) is 0 Å². The van der Waals surface area contributed by atoms with Crippen molar-refractivity contribution < 1.29 is 19.5 Å². The largest absolute Gasteiger partial charge is 0.396 e. The van der Waals surface area contributed by atoms with Gasteiger partial charge in [0.15, 0.2) is 5.82 Å². The van der Waals surface area contributed by atoms with Gasteiger partial charge in [-0.2, -0.15) is 0 Å². The highest BCUT2D eigenvalue weighted by Crippen LogP contribution is 2.22. The highest BCUT2D eigenvalue weighted by molar-refractivity contribution is 5.90. The highest BCUT2D eigenvalue weighted by Gasteiger charge is 2.41. The average molecular weight is 338 g/mol. The zero-order valence-electron chi connectivity index (χ0n) is 12.8. The predicted molar refractivity (Wildman–Crippen MR) is 76.9 cm³/mol. The molecule has 24 heavy (non-hydrogen) atoms. The van der Waals surface area contributed by atoms with Gasteiger partial charge in [0.05, 0.1) is 6.61 Å². The zero-order chi connectivity index (χ0) is 17.1. The standard InChI is InChI=1S/C12H18N8O4/c21-4-3-9-14-17-18-20(9)6-10(22)15-16-11(23)8-2-1-7-5-19(8)12(24)13-7/h7-8,21H,1-6H2,(H,13,24)(H,15,22)(H,16,23)/t7-,8-/m0/s1. The minimum atomic E-state index is -0.595. The van der Waals surface area contributed by atoms with Crippen LogP contribution in [0.2, 0.25) is 0 Å². The molecule has 2 aliphatic rings. The molecular weight excluding hydrogens is 320 g/mol.